The van der Waals surface area contributed by atoms with E-state index in [4.69, 9.17) is 16.3 Å². The predicted octanol–water partition coefficient (Wildman–Crippen LogP) is 3.60. The molecule has 2 amide bonds. The van der Waals surface area contributed by atoms with Crippen molar-refractivity contribution in [2.45, 2.75) is 6.92 Å². The molecule has 1 heterocycles. The van der Waals surface area contributed by atoms with E-state index in [0.717, 1.165) is 4.90 Å². The fraction of sp³-hybridized carbons (Fsp3) is 0.0455. The minimum atomic E-state index is -1.39. The van der Waals surface area contributed by atoms with Crippen LogP contribution >= 0.6 is 11.6 Å². The molecule has 144 valence electrons. The summed E-state index contributed by atoms with van der Waals surface area (Å²) in [4.78, 5) is 37.9. The Morgan fingerprint density at radius 1 is 0.897 bits per heavy atom. The summed E-state index contributed by atoms with van der Waals surface area (Å²) in [5.74, 6) is -1.55. The van der Waals surface area contributed by atoms with Crippen LogP contribution in [0.25, 0.3) is 0 Å². The zero-order valence-corrected chi connectivity index (χ0v) is 15.9. The number of nitrogens with zero attached hydrogens (tertiary/aromatic N) is 1. The Kier molecular flexibility index (Phi) is 4.56. The summed E-state index contributed by atoms with van der Waals surface area (Å²) in [5, 5.41) is 11.7. The van der Waals surface area contributed by atoms with Crippen LogP contribution in [0.2, 0.25) is 5.02 Å². The topological polar surface area (TPSA) is 86.7 Å². The molecule has 0 N–H and O–H groups in total. The van der Waals surface area contributed by atoms with E-state index in [1.54, 1.807) is 37.3 Å². The molecule has 0 fully saturated rings. The lowest BCUT2D eigenvalue weighted by Gasteiger charge is -2.18. The Labute approximate surface area is 170 Å². The molecule has 0 radical (unpaired) electrons. The molecule has 1 aliphatic rings. The van der Waals surface area contributed by atoms with Gasteiger partial charge in [-0.3, -0.25) is 9.59 Å². The highest BCUT2D eigenvalue weighted by atomic mass is 35.5. The van der Waals surface area contributed by atoms with Crippen LogP contribution in [0.1, 0.15) is 36.6 Å². The number of fused-ring (bicyclic) bond motifs is 1. The Morgan fingerprint density at radius 3 is 2.24 bits per heavy atom. The van der Waals surface area contributed by atoms with Gasteiger partial charge in [0.05, 0.1) is 22.8 Å². The number of carbonyl (C=O) groups excluding carboxylic acids is 3. The van der Waals surface area contributed by atoms with E-state index < -0.39 is 17.8 Å². The number of hydrogen-bond donors (Lipinski definition) is 0. The molecule has 0 saturated heterocycles. The van der Waals surface area contributed by atoms with E-state index >= 15 is 0 Å². The lowest BCUT2D eigenvalue weighted by atomic mass is 10.1. The van der Waals surface area contributed by atoms with Crippen LogP contribution in [0, 0.1) is 6.92 Å². The maximum Gasteiger partial charge on any atom is 0.266 e. The zero-order chi connectivity index (χ0) is 20.7. The Hall–Kier alpha value is -3.64. The summed E-state index contributed by atoms with van der Waals surface area (Å²) in [6.07, 6.45) is 0. The second-order valence-electron chi connectivity index (χ2n) is 6.50. The molecule has 0 aliphatic carbocycles. The van der Waals surface area contributed by atoms with E-state index in [0.29, 0.717) is 22.1 Å². The van der Waals surface area contributed by atoms with Gasteiger partial charge >= 0.3 is 0 Å². The first-order valence-electron chi connectivity index (χ1n) is 8.63. The zero-order valence-electron chi connectivity index (χ0n) is 15.1. The summed E-state index contributed by atoms with van der Waals surface area (Å²) in [6.45, 7) is 1.69. The predicted molar refractivity (Wildman–Crippen MR) is 105 cm³/mol. The number of carboxylic acids is 1. The van der Waals surface area contributed by atoms with E-state index in [1.807, 2.05) is 0 Å². The van der Waals surface area contributed by atoms with Gasteiger partial charge in [0.15, 0.2) is 0 Å². The molecule has 3 aromatic carbocycles. The number of aromatic carboxylic acids is 1. The number of carboxylic acid groups (broad SMARTS) is 1. The third-order valence-corrected chi connectivity index (χ3v) is 4.85. The van der Waals surface area contributed by atoms with E-state index in [-0.39, 0.29) is 22.4 Å². The first-order chi connectivity index (χ1) is 13.8. The van der Waals surface area contributed by atoms with Crippen LogP contribution < -0.4 is 14.7 Å². The first kappa shape index (κ1) is 18.7. The quantitative estimate of drug-likeness (QED) is 0.618. The fourth-order valence-electron chi connectivity index (χ4n) is 3.12. The molecule has 0 aromatic heterocycles. The maximum absolute atomic E-state index is 13.0. The molecule has 7 heteroatoms. The molecule has 4 rings (SSSR count). The number of rotatable bonds is 4. The summed E-state index contributed by atoms with van der Waals surface area (Å²) < 4.78 is 5.73. The van der Waals surface area contributed by atoms with Crippen LogP contribution in [0.4, 0.5) is 5.69 Å². The van der Waals surface area contributed by atoms with Gasteiger partial charge in [-0.15, -0.1) is 0 Å². The van der Waals surface area contributed by atoms with Gasteiger partial charge in [0, 0.05) is 5.02 Å². The van der Waals surface area contributed by atoms with E-state index in [1.165, 1.54) is 30.3 Å². The van der Waals surface area contributed by atoms with Gasteiger partial charge in [-0.2, -0.15) is 0 Å². The number of anilines is 1. The summed E-state index contributed by atoms with van der Waals surface area (Å²) in [7, 11) is 0. The highest BCUT2D eigenvalue weighted by Gasteiger charge is 2.37. The number of ether oxygens (including phenoxy) is 1. The molecule has 1 aliphatic heterocycles. The molecule has 0 spiro atoms. The van der Waals surface area contributed by atoms with Gasteiger partial charge in [0.1, 0.15) is 11.5 Å². The van der Waals surface area contributed by atoms with Gasteiger partial charge in [-0.1, -0.05) is 23.7 Å². The number of hydrogen-bond acceptors (Lipinski definition) is 5. The number of imide groups is 1. The summed E-state index contributed by atoms with van der Waals surface area (Å²) in [5.41, 5.74) is 1.07. The van der Waals surface area contributed by atoms with Crippen LogP contribution in [-0.2, 0) is 0 Å². The van der Waals surface area contributed by atoms with Crippen LogP contribution in [0.15, 0.2) is 60.7 Å². The largest absolute Gasteiger partial charge is 0.545 e. The highest BCUT2D eigenvalue weighted by Crippen LogP contribution is 2.34. The SMILES string of the molecule is Cc1ccc(C(=O)[O-])cc1N1C(=O)c2ccc(Oc3ccc(Cl)cc3)cc2C1=O. The lowest BCUT2D eigenvalue weighted by molar-refractivity contribution is -0.255. The number of aryl methyl sites for hydroxylation is 1. The van der Waals surface area contributed by atoms with Crippen molar-refractivity contribution >= 4 is 35.1 Å². The van der Waals surface area contributed by atoms with E-state index in [2.05, 4.69) is 0 Å². The Morgan fingerprint density at radius 2 is 1.55 bits per heavy atom. The smallest absolute Gasteiger partial charge is 0.266 e. The number of benzene rings is 3. The van der Waals surface area contributed by atoms with Crippen molar-refractivity contribution in [3.63, 3.8) is 0 Å². The monoisotopic (exact) mass is 406 g/mol. The third-order valence-electron chi connectivity index (χ3n) is 4.59. The van der Waals surface area contributed by atoms with Crippen LogP contribution in [0.5, 0.6) is 11.5 Å². The lowest BCUT2D eigenvalue weighted by Crippen LogP contribution is -2.31. The van der Waals surface area contributed by atoms with Crippen molar-refractivity contribution in [2.75, 3.05) is 4.90 Å². The van der Waals surface area contributed by atoms with Gasteiger partial charge in [-0.05, 0) is 66.6 Å². The van der Waals surface area contributed by atoms with E-state index in [9.17, 15) is 19.5 Å². The fourth-order valence-corrected chi connectivity index (χ4v) is 3.24. The van der Waals surface area contributed by atoms with Gasteiger partial charge in [-0.25, -0.2) is 4.90 Å². The van der Waals surface area contributed by atoms with Crippen molar-refractivity contribution in [1.82, 2.24) is 0 Å². The minimum absolute atomic E-state index is 0.117. The van der Waals surface area contributed by atoms with Crippen molar-refractivity contribution in [1.29, 1.82) is 0 Å². The molecule has 3 aromatic rings. The second kappa shape index (κ2) is 7.07. The average Bonchev–Trinajstić information content (AvgIpc) is 2.94. The van der Waals surface area contributed by atoms with Gasteiger partial charge in [0.2, 0.25) is 0 Å². The molecule has 0 unspecified atom stereocenters. The number of carbonyl (C=O) groups is 3. The van der Waals surface area contributed by atoms with Crippen molar-refractivity contribution in [3.8, 4) is 11.5 Å². The molecule has 0 bridgehead atoms. The van der Waals surface area contributed by atoms with Crippen molar-refractivity contribution in [2.24, 2.45) is 0 Å². The van der Waals surface area contributed by atoms with Gasteiger partial charge < -0.3 is 14.6 Å². The average molecular weight is 407 g/mol. The Balaban J connectivity index is 1.69. The third kappa shape index (κ3) is 3.34. The molecule has 0 atom stereocenters. The maximum atomic E-state index is 13.0. The normalized spacial score (nSPS) is 12.8. The number of amides is 2. The second-order valence-corrected chi connectivity index (χ2v) is 6.93. The van der Waals surface area contributed by atoms with Crippen molar-refractivity contribution < 1.29 is 24.2 Å². The van der Waals surface area contributed by atoms with Crippen LogP contribution in [-0.4, -0.2) is 17.8 Å². The Bertz CT molecular complexity index is 1170. The number of halogens is 1. The standard InChI is InChI=1S/C22H14ClNO5/c1-12-2-3-13(22(27)28)10-19(12)24-20(25)17-9-8-16(11-18(17)21(24)26)29-15-6-4-14(23)5-7-15/h2-11H,1H3,(H,27,28)/p-1. The highest BCUT2D eigenvalue weighted by molar-refractivity contribution is 6.34. The molecule has 29 heavy (non-hydrogen) atoms. The summed E-state index contributed by atoms with van der Waals surface area (Å²) >= 11 is 5.86. The molecular weight excluding hydrogens is 394 g/mol. The van der Waals surface area contributed by atoms with Gasteiger partial charge in [0.25, 0.3) is 11.8 Å². The minimum Gasteiger partial charge on any atom is -0.545 e. The van der Waals surface area contributed by atoms with Crippen molar-refractivity contribution in [3.05, 3.63) is 87.9 Å². The molecule has 6 nitrogen and oxygen atoms in total. The van der Waals surface area contributed by atoms with Crippen LogP contribution in [0.3, 0.4) is 0 Å². The first-order valence-corrected chi connectivity index (χ1v) is 9.01. The molecular formula is C22H13ClNO5-. The molecule has 0 saturated carbocycles. The summed E-state index contributed by atoms with van der Waals surface area (Å²) in [6, 6.07) is 15.5.